The molecule has 0 spiro atoms. The van der Waals surface area contributed by atoms with Gasteiger partial charge in [-0.05, 0) is 44.9 Å². The smallest absolute Gasteiger partial charge is 0.412 e. The van der Waals surface area contributed by atoms with Gasteiger partial charge in [-0.3, -0.25) is 5.32 Å². The number of hydrogen-bond donors (Lipinski definition) is 1. The van der Waals surface area contributed by atoms with Crippen molar-refractivity contribution in [3.05, 3.63) is 29.1 Å². The SMILES string of the molecule is Cc1cc(CBr)cc(F)c1NC(=O)OC(C)(C)C. The number of alkyl halides is 1. The van der Waals surface area contributed by atoms with Gasteiger partial charge in [0.1, 0.15) is 11.4 Å². The monoisotopic (exact) mass is 317 g/mol. The van der Waals surface area contributed by atoms with E-state index < -0.39 is 17.5 Å². The molecule has 5 heteroatoms. The van der Waals surface area contributed by atoms with E-state index in [2.05, 4.69) is 21.2 Å². The van der Waals surface area contributed by atoms with E-state index in [0.717, 1.165) is 5.56 Å². The summed E-state index contributed by atoms with van der Waals surface area (Å²) in [5.41, 5.74) is 1.04. The number of nitrogens with one attached hydrogen (secondary N) is 1. The highest BCUT2D eigenvalue weighted by atomic mass is 79.9. The predicted molar refractivity (Wildman–Crippen MR) is 73.6 cm³/mol. The first-order valence-electron chi connectivity index (χ1n) is 5.58. The molecule has 0 radical (unpaired) electrons. The van der Waals surface area contributed by atoms with Crippen LogP contribution in [0.1, 0.15) is 31.9 Å². The van der Waals surface area contributed by atoms with Crippen LogP contribution in [0.4, 0.5) is 14.9 Å². The molecule has 18 heavy (non-hydrogen) atoms. The number of carbonyl (C=O) groups is 1. The molecule has 3 nitrogen and oxygen atoms in total. The van der Waals surface area contributed by atoms with Crippen LogP contribution >= 0.6 is 15.9 Å². The molecular weight excluding hydrogens is 301 g/mol. The molecule has 1 amide bonds. The van der Waals surface area contributed by atoms with Crippen LogP contribution in [0, 0.1) is 12.7 Å². The normalized spacial score (nSPS) is 11.2. The first-order valence-corrected chi connectivity index (χ1v) is 6.70. The van der Waals surface area contributed by atoms with Crippen LogP contribution in [-0.2, 0) is 10.1 Å². The minimum absolute atomic E-state index is 0.161. The molecule has 0 bridgehead atoms. The van der Waals surface area contributed by atoms with Crippen LogP contribution in [0.5, 0.6) is 0 Å². The molecule has 1 rings (SSSR count). The first kappa shape index (κ1) is 15.0. The molecule has 0 atom stereocenters. The summed E-state index contributed by atoms with van der Waals surface area (Å²) in [4.78, 5) is 11.6. The van der Waals surface area contributed by atoms with Crippen LogP contribution < -0.4 is 5.32 Å². The lowest BCUT2D eigenvalue weighted by Gasteiger charge is -2.20. The van der Waals surface area contributed by atoms with E-state index in [9.17, 15) is 9.18 Å². The molecule has 1 aromatic rings. The number of carbonyl (C=O) groups excluding carboxylic acids is 1. The van der Waals surface area contributed by atoms with E-state index in [1.54, 1.807) is 27.7 Å². The van der Waals surface area contributed by atoms with Crippen LogP contribution in [-0.4, -0.2) is 11.7 Å². The Morgan fingerprint density at radius 2 is 2.06 bits per heavy atom. The van der Waals surface area contributed by atoms with E-state index in [0.29, 0.717) is 10.9 Å². The third kappa shape index (κ3) is 4.29. The fourth-order valence-corrected chi connectivity index (χ4v) is 1.78. The summed E-state index contributed by atoms with van der Waals surface area (Å²) in [6, 6.07) is 3.19. The summed E-state index contributed by atoms with van der Waals surface area (Å²) in [7, 11) is 0. The van der Waals surface area contributed by atoms with Gasteiger partial charge in [0.2, 0.25) is 0 Å². The largest absolute Gasteiger partial charge is 0.444 e. The average Bonchev–Trinajstić information content (AvgIpc) is 2.20. The van der Waals surface area contributed by atoms with Crippen molar-refractivity contribution in [2.75, 3.05) is 5.32 Å². The Bertz CT molecular complexity index is 432. The number of ether oxygens (including phenoxy) is 1. The molecule has 0 unspecified atom stereocenters. The van der Waals surface area contributed by atoms with Crippen molar-refractivity contribution >= 4 is 27.7 Å². The Hall–Kier alpha value is -1.10. The topological polar surface area (TPSA) is 38.3 Å². The second kappa shape index (κ2) is 5.69. The maximum absolute atomic E-state index is 13.8. The van der Waals surface area contributed by atoms with Crippen LogP contribution in [0.15, 0.2) is 12.1 Å². The molecule has 0 aliphatic carbocycles. The lowest BCUT2D eigenvalue weighted by atomic mass is 10.1. The van der Waals surface area contributed by atoms with E-state index in [1.807, 2.05) is 6.07 Å². The molecule has 0 fully saturated rings. The molecule has 0 saturated heterocycles. The second-order valence-electron chi connectivity index (χ2n) is 5.03. The maximum Gasteiger partial charge on any atom is 0.412 e. The first-order chi connectivity index (χ1) is 8.23. The van der Waals surface area contributed by atoms with Gasteiger partial charge in [-0.2, -0.15) is 0 Å². The molecule has 0 aromatic heterocycles. The van der Waals surface area contributed by atoms with Crippen LogP contribution in [0.2, 0.25) is 0 Å². The Kier molecular flexibility index (Phi) is 4.73. The minimum Gasteiger partial charge on any atom is -0.444 e. The molecule has 1 aromatic carbocycles. The number of hydrogen-bond acceptors (Lipinski definition) is 2. The highest BCUT2D eigenvalue weighted by Gasteiger charge is 2.18. The Labute approximate surface area is 115 Å². The number of halogens is 2. The maximum atomic E-state index is 13.8. The highest BCUT2D eigenvalue weighted by molar-refractivity contribution is 9.08. The Balaban J connectivity index is 2.88. The Morgan fingerprint density at radius 3 is 2.50 bits per heavy atom. The van der Waals surface area contributed by atoms with Crippen molar-refractivity contribution in [3.63, 3.8) is 0 Å². The van der Waals surface area contributed by atoms with Crippen LogP contribution in [0.3, 0.4) is 0 Å². The molecule has 0 saturated carbocycles. The standard InChI is InChI=1S/C13H17BrFNO2/c1-8-5-9(7-14)6-10(15)11(8)16-12(17)18-13(2,3)4/h5-6H,7H2,1-4H3,(H,16,17). The highest BCUT2D eigenvalue weighted by Crippen LogP contribution is 2.23. The van der Waals surface area contributed by atoms with E-state index >= 15 is 0 Å². The predicted octanol–water partition coefficient (Wildman–Crippen LogP) is 4.38. The van der Waals surface area contributed by atoms with Crippen molar-refractivity contribution in [3.8, 4) is 0 Å². The molecule has 0 aliphatic rings. The Morgan fingerprint density at radius 1 is 1.44 bits per heavy atom. The van der Waals surface area contributed by atoms with Gasteiger partial charge in [0.25, 0.3) is 0 Å². The van der Waals surface area contributed by atoms with Gasteiger partial charge in [0.05, 0.1) is 5.69 Å². The fourth-order valence-electron chi connectivity index (χ4n) is 1.46. The summed E-state index contributed by atoms with van der Waals surface area (Å²) >= 11 is 3.26. The number of anilines is 1. The van der Waals surface area contributed by atoms with Gasteiger partial charge in [-0.15, -0.1) is 0 Å². The fraction of sp³-hybridized carbons (Fsp3) is 0.462. The van der Waals surface area contributed by atoms with Crippen LogP contribution in [0.25, 0.3) is 0 Å². The summed E-state index contributed by atoms with van der Waals surface area (Å²) in [6.45, 7) is 7.00. The summed E-state index contributed by atoms with van der Waals surface area (Å²) in [5, 5.41) is 3.00. The summed E-state index contributed by atoms with van der Waals surface area (Å²) in [5.74, 6) is -0.463. The number of amides is 1. The quantitative estimate of drug-likeness (QED) is 0.822. The molecule has 100 valence electrons. The number of rotatable bonds is 2. The van der Waals surface area contributed by atoms with Gasteiger partial charge >= 0.3 is 6.09 Å². The van der Waals surface area contributed by atoms with Crippen molar-refractivity contribution in [2.24, 2.45) is 0 Å². The van der Waals surface area contributed by atoms with E-state index in [-0.39, 0.29) is 5.69 Å². The zero-order chi connectivity index (χ0) is 13.9. The van der Waals surface area contributed by atoms with Gasteiger partial charge in [-0.1, -0.05) is 22.0 Å². The van der Waals surface area contributed by atoms with Gasteiger partial charge in [0.15, 0.2) is 0 Å². The van der Waals surface area contributed by atoms with Gasteiger partial charge in [0, 0.05) is 5.33 Å². The van der Waals surface area contributed by atoms with E-state index in [1.165, 1.54) is 6.07 Å². The third-order valence-corrected chi connectivity index (χ3v) is 2.77. The van der Waals surface area contributed by atoms with Crippen molar-refractivity contribution in [1.29, 1.82) is 0 Å². The van der Waals surface area contributed by atoms with Gasteiger partial charge < -0.3 is 4.74 Å². The summed E-state index contributed by atoms with van der Waals surface area (Å²) < 4.78 is 18.9. The second-order valence-corrected chi connectivity index (χ2v) is 5.59. The molecule has 1 N–H and O–H groups in total. The van der Waals surface area contributed by atoms with Crippen molar-refractivity contribution < 1.29 is 13.9 Å². The number of benzene rings is 1. The van der Waals surface area contributed by atoms with Crippen molar-refractivity contribution in [2.45, 2.75) is 38.6 Å². The lowest BCUT2D eigenvalue weighted by molar-refractivity contribution is 0.0635. The minimum atomic E-state index is -0.656. The summed E-state index contributed by atoms with van der Waals surface area (Å²) in [6.07, 6.45) is -0.656. The van der Waals surface area contributed by atoms with E-state index in [4.69, 9.17) is 4.74 Å². The third-order valence-electron chi connectivity index (χ3n) is 2.13. The van der Waals surface area contributed by atoms with Gasteiger partial charge in [-0.25, -0.2) is 9.18 Å². The van der Waals surface area contributed by atoms with Crippen molar-refractivity contribution in [1.82, 2.24) is 0 Å². The molecule has 0 heterocycles. The average molecular weight is 318 g/mol. The number of aryl methyl sites for hydroxylation is 1. The lowest BCUT2D eigenvalue weighted by Crippen LogP contribution is -2.27. The zero-order valence-electron chi connectivity index (χ0n) is 10.9. The molecule has 0 aliphatic heterocycles. The molecular formula is C13H17BrFNO2. The zero-order valence-corrected chi connectivity index (χ0v) is 12.5.